The van der Waals surface area contributed by atoms with Gasteiger partial charge in [0, 0.05) is 6.42 Å². The van der Waals surface area contributed by atoms with Crippen LogP contribution in [0, 0.1) is 0 Å². The molecular weight excluding hydrogens is 531 g/mol. The predicted octanol–water partition coefficient (Wildman–Crippen LogP) is 8.94. The van der Waals surface area contributed by atoms with Crippen molar-refractivity contribution in [2.45, 2.75) is 150 Å². The summed E-state index contributed by atoms with van der Waals surface area (Å²) in [5.74, 6) is -0.220. The first-order valence-electron chi connectivity index (χ1n) is 14.4. The van der Waals surface area contributed by atoms with Crippen molar-refractivity contribution < 1.29 is 19.1 Å². The average Bonchev–Trinajstić information content (AvgIpc) is 2.84. The first-order chi connectivity index (χ1) is 16.4. The van der Waals surface area contributed by atoms with Gasteiger partial charge in [0.15, 0.2) is 0 Å². The zero-order valence-corrected chi connectivity index (χ0v) is 26.2. The molecule has 0 radical (unpaired) electrons. The fourth-order valence-electron chi connectivity index (χ4n) is 4.62. The summed E-state index contributed by atoms with van der Waals surface area (Å²) in [6.45, 7) is 8.88. The summed E-state index contributed by atoms with van der Waals surface area (Å²) in [5.41, 5.74) is 0. The van der Waals surface area contributed by atoms with Crippen molar-refractivity contribution in [1.82, 2.24) is 0 Å². The molecule has 0 aromatic heterocycles. The molecule has 0 fully saturated rings. The standard InChI is InChI=1S/C17H29O4.3C4H9.Sn/c1-4-16(18)21-15(2)13-11-9-7-5-6-8-10-12-14-17(19)20-3;3*1-3-4-2;/h1,4,15H,5-14H2,2-3H3;3*1,3-4H2,2H3;. The first kappa shape index (κ1) is 33.5. The maximum absolute atomic E-state index is 12.5. The van der Waals surface area contributed by atoms with Gasteiger partial charge in [-0.1, -0.05) is 6.42 Å². The van der Waals surface area contributed by atoms with Crippen LogP contribution in [0.2, 0.25) is 13.3 Å². The second kappa shape index (κ2) is 22.9. The van der Waals surface area contributed by atoms with Crippen LogP contribution >= 0.6 is 0 Å². The van der Waals surface area contributed by atoms with E-state index in [0.717, 1.165) is 25.7 Å². The number of ether oxygens (including phenoxy) is 2. The Hall–Kier alpha value is -0.521. The normalized spacial score (nSPS) is 12.7. The molecule has 0 heterocycles. The van der Waals surface area contributed by atoms with Crippen molar-refractivity contribution in [3.8, 4) is 0 Å². The van der Waals surface area contributed by atoms with Crippen LogP contribution in [0.4, 0.5) is 0 Å². The summed E-state index contributed by atoms with van der Waals surface area (Å²) in [6.07, 6.45) is 20.3. The number of esters is 2. The molecule has 200 valence electrons. The molecule has 34 heavy (non-hydrogen) atoms. The van der Waals surface area contributed by atoms with Gasteiger partial charge in [-0.05, 0) is 6.42 Å². The quantitative estimate of drug-likeness (QED) is 0.0519. The number of methoxy groups -OCH3 is 1. The molecule has 0 spiro atoms. The van der Waals surface area contributed by atoms with Crippen LogP contribution in [-0.2, 0) is 19.1 Å². The van der Waals surface area contributed by atoms with Crippen molar-refractivity contribution >= 4 is 30.3 Å². The molecule has 0 aromatic rings. The summed E-state index contributed by atoms with van der Waals surface area (Å²) in [4.78, 5) is 23.6. The van der Waals surface area contributed by atoms with E-state index in [4.69, 9.17) is 4.74 Å². The first-order valence-corrected chi connectivity index (χ1v) is 22.1. The molecule has 0 saturated carbocycles. The van der Waals surface area contributed by atoms with E-state index in [1.165, 1.54) is 91.0 Å². The molecule has 0 amide bonds. The predicted molar refractivity (Wildman–Crippen MR) is 148 cm³/mol. The third-order valence-corrected chi connectivity index (χ3v) is 21.0. The van der Waals surface area contributed by atoms with Gasteiger partial charge in [0.1, 0.15) is 0 Å². The third-order valence-electron chi connectivity index (χ3n) is 6.94. The average molecular weight is 587 g/mol. The van der Waals surface area contributed by atoms with E-state index in [0.29, 0.717) is 6.42 Å². The second-order valence-electron chi connectivity index (χ2n) is 10.2. The van der Waals surface area contributed by atoms with Crippen LogP contribution in [0.3, 0.4) is 0 Å². The summed E-state index contributed by atoms with van der Waals surface area (Å²) in [6, 6.07) is 0. The summed E-state index contributed by atoms with van der Waals surface area (Å²) in [5, 5.41) is 0. The Bertz CT molecular complexity index is 510. The third kappa shape index (κ3) is 18.8. The molecule has 0 aliphatic rings. The Labute approximate surface area is 215 Å². The van der Waals surface area contributed by atoms with Crippen molar-refractivity contribution in [2.24, 2.45) is 0 Å². The Morgan fingerprint density at radius 2 is 1.21 bits per heavy atom. The zero-order valence-electron chi connectivity index (χ0n) is 23.3. The molecule has 5 heteroatoms. The molecular formula is C29H56O4Sn. The van der Waals surface area contributed by atoms with Crippen molar-refractivity contribution in [3.63, 3.8) is 0 Å². The van der Waals surface area contributed by atoms with Crippen LogP contribution in [0.5, 0.6) is 0 Å². The van der Waals surface area contributed by atoms with Gasteiger partial charge in [0.25, 0.3) is 0 Å². The number of unbranched alkanes of at least 4 members (excludes halogenated alkanes) is 10. The molecule has 1 unspecified atom stereocenters. The topological polar surface area (TPSA) is 52.6 Å². The van der Waals surface area contributed by atoms with E-state index in [1.807, 2.05) is 13.0 Å². The minimum atomic E-state index is -2.40. The van der Waals surface area contributed by atoms with E-state index in [-0.39, 0.29) is 18.0 Å². The fraction of sp³-hybridized carbons (Fsp3) is 0.862. The van der Waals surface area contributed by atoms with Crippen LogP contribution in [0.15, 0.2) is 10.2 Å². The molecule has 0 rings (SSSR count). The van der Waals surface area contributed by atoms with Crippen molar-refractivity contribution in [3.05, 3.63) is 10.2 Å². The van der Waals surface area contributed by atoms with Crippen LogP contribution in [0.1, 0.15) is 130 Å². The molecule has 0 saturated heterocycles. The van der Waals surface area contributed by atoms with E-state index < -0.39 is 18.4 Å². The van der Waals surface area contributed by atoms with Crippen LogP contribution in [0.25, 0.3) is 0 Å². The number of hydrogen-bond donors (Lipinski definition) is 0. The number of rotatable bonds is 23. The van der Waals surface area contributed by atoms with Gasteiger partial charge in [0.05, 0.1) is 7.11 Å². The van der Waals surface area contributed by atoms with Gasteiger partial charge in [-0.2, -0.15) is 0 Å². The van der Waals surface area contributed by atoms with Crippen molar-refractivity contribution in [1.29, 1.82) is 0 Å². The van der Waals surface area contributed by atoms with E-state index in [9.17, 15) is 9.59 Å². The molecule has 4 nitrogen and oxygen atoms in total. The van der Waals surface area contributed by atoms with Gasteiger partial charge in [-0.3, -0.25) is 4.79 Å². The molecule has 0 aromatic carbocycles. The maximum atomic E-state index is 12.5. The van der Waals surface area contributed by atoms with Crippen LogP contribution < -0.4 is 0 Å². The Morgan fingerprint density at radius 3 is 1.68 bits per heavy atom. The monoisotopic (exact) mass is 588 g/mol. The van der Waals surface area contributed by atoms with Crippen LogP contribution in [-0.4, -0.2) is 43.5 Å². The van der Waals surface area contributed by atoms with E-state index in [1.54, 1.807) is 0 Å². The van der Waals surface area contributed by atoms with Gasteiger partial charge >= 0.3 is 181 Å². The molecule has 0 N–H and O–H groups in total. The zero-order chi connectivity index (χ0) is 25.5. The summed E-state index contributed by atoms with van der Waals surface area (Å²) < 4.78 is 17.0. The Morgan fingerprint density at radius 1 is 0.735 bits per heavy atom. The Balaban J connectivity index is 4.21. The number of carbonyl (C=O) groups is 2. The van der Waals surface area contributed by atoms with E-state index >= 15 is 0 Å². The van der Waals surface area contributed by atoms with Gasteiger partial charge in [-0.25, -0.2) is 0 Å². The van der Waals surface area contributed by atoms with Gasteiger partial charge in [0.2, 0.25) is 0 Å². The summed E-state index contributed by atoms with van der Waals surface area (Å²) in [7, 11) is 1.45. The molecule has 0 aliphatic carbocycles. The van der Waals surface area contributed by atoms with Crippen molar-refractivity contribution in [2.75, 3.05) is 7.11 Å². The number of hydrogen-bond acceptors (Lipinski definition) is 4. The fourth-order valence-corrected chi connectivity index (χ4v) is 18.6. The second-order valence-corrected chi connectivity index (χ2v) is 23.2. The van der Waals surface area contributed by atoms with Gasteiger partial charge < -0.3 is 4.74 Å². The number of carbonyl (C=O) groups excluding carboxylic acids is 2. The van der Waals surface area contributed by atoms with E-state index in [2.05, 4.69) is 29.6 Å². The SMILES string of the molecule is CCC[CH2][Sn](/[CH]=C/C(=O)OC(C)CCCCCCCCCCC(=O)OC)([CH2]CCC)[CH2]CCC. The molecule has 0 bridgehead atoms. The molecule has 0 aliphatic heterocycles. The summed E-state index contributed by atoms with van der Waals surface area (Å²) >= 11 is -2.40. The van der Waals surface area contributed by atoms with Gasteiger partial charge in [-0.15, -0.1) is 0 Å². The minimum absolute atomic E-state index is 0.00185. The molecule has 1 atom stereocenters. The Kier molecular flexibility index (Phi) is 22.6.